The van der Waals surface area contributed by atoms with Gasteiger partial charge in [-0.25, -0.2) is 0 Å². The van der Waals surface area contributed by atoms with Crippen LogP contribution < -0.4 is 32.3 Å². The standard InChI is InChI=1S/C16H36N6OS2/c17-16(23)3-2-15-14-21-8-7-20-11-13-25-24-12-1-4-18-5-6-19-9-10-22-15/h15,18-22H,1-14H2,(H2,17,23). The van der Waals surface area contributed by atoms with Crippen LogP contribution in [0.2, 0.25) is 0 Å². The molecule has 0 aromatic heterocycles. The van der Waals surface area contributed by atoms with Gasteiger partial charge in [-0.1, -0.05) is 21.6 Å². The topological polar surface area (TPSA) is 103 Å². The monoisotopic (exact) mass is 392 g/mol. The van der Waals surface area contributed by atoms with Gasteiger partial charge in [0.15, 0.2) is 0 Å². The lowest BCUT2D eigenvalue weighted by Crippen LogP contribution is -2.44. The molecule has 1 fully saturated rings. The number of nitrogens with one attached hydrogen (secondary N) is 5. The Bertz CT molecular complexity index is 305. The highest BCUT2D eigenvalue weighted by Gasteiger charge is 2.09. The number of carbonyl (C=O) groups excluding carboxylic acids is 1. The highest BCUT2D eigenvalue weighted by atomic mass is 33.1. The van der Waals surface area contributed by atoms with Gasteiger partial charge in [0, 0.05) is 76.3 Å². The molecule has 0 bridgehead atoms. The van der Waals surface area contributed by atoms with Crippen molar-refractivity contribution in [1.29, 1.82) is 0 Å². The lowest BCUT2D eigenvalue weighted by molar-refractivity contribution is -0.118. The van der Waals surface area contributed by atoms with Gasteiger partial charge in [0.25, 0.3) is 0 Å². The zero-order valence-corrected chi connectivity index (χ0v) is 16.9. The minimum absolute atomic E-state index is 0.227. The maximum Gasteiger partial charge on any atom is 0.217 e. The van der Waals surface area contributed by atoms with Crippen LogP contribution in [0.4, 0.5) is 0 Å². The SMILES string of the molecule is NC(=O)CCC1CNCCNCCSSCCCNCCNCCN1. The highest BCUT2D eigenvalue weighted by Crippen LogP contribution is 2.20. The van der Waals surface area contributed by atoms with Crippen molar-refractivity contribution in [2.75, 3.05) is 70.4 Å². The Morgan fingerprint density at radius 2 is 1.48 bits per heavy atom. The van der Waals surface area contributed by atoms with E-state index in [-0.39, 0.29) is 11.9 Å². The van der Waals surface area contributed by atoms with Crippen LogP contribution in [0.5, 0.6) is 0 Å². The summed E-state index contributed by atoms with van der Waals surface area (Å²) in [6.07, 6.45) is 2.44. The Morgan fingerprint density at radius 1 is 0.840 bits per heavy atom. The van der Waals surface area contributed by atoms with Gasteiger partial charge < -0.3 is 32.3 Å². The average molecular weight is 393 g/mol. The third-order valence-electron chi connectivity index (χ3n) is 3.85. The number of primary amides is 1. The van der Waals surface area contributed by atoms with Gasteiger partial charge in [-0.15, -0.1) is 0 Å². The lowest BCUT2D eigenvalue weighted by atomic mass is 10.1. The lowest BCUT2D eigenvalue weighted by Gasteiger charge is -2.19. The molecule has 0 aliphatic carbocycles. The van der Waals surface area contributed by atoms with Gasteiger partial charge in [-0.2, -0.15) is 0 Å². The van der Waals surface area contributed by atoms with Crippen molar-refractivity contribution in [1.82, 2.24) is 26.6 Å². The van der Waals surface area contributed by atoms with Crippen molar-refractivity contribution in [3.63, 3.8) is 0 Å². The zero-order valence-electron chi connectivity index (χ0n) is 15.3. The maximum atomic E-state index is 11.0. The van der Waals surface area contributed by atoms with Crippen LogP contribution in [-0.2, 0) is 4.79 Å². The second kappa shape index (κ2) is 17.4. The molecule has 1 atom stereocenters. The first-order chi connectivity index (χ1) is 12.3. The van der Waals surface area contributed by atoms with Gasteiger partial charge in [0.05, 0.1) is 0 Å². The van der Waals surface area contributed by atoms with Gasteiger partial charge in [0.2, 0.25) is 5.91 Å². The quantitative estimate of drug-likeness (QED) is 0.352. The average Bonchev–Trinajstić information content (AvgIpc) is 2.59. The minimum Gasteiger partial charge on any atom is -0.370 e. The minimum atomic E-state index is -0.227. The number of hydrogen-bond acceptors (Lipinski definition) is 8. The van der Waals surface area contributed by atoms with Gasteiger partial charge >= 0.3 is 0 Å². The van der Waals surface area contributed by atoms with Crippen molar-refractivity contribution in [2.45, 2.75) is 25.3 Å². The summed E-state index contributed by atoms with van der Waals surface area (Å²) in [6, 6.07) is 0.282. The molecule has 25 heavy (non-hydrogen) atoms. The molecule has 0 saturated carbocycles. The molecule has 0 spiro atoms. The van der Waals surface area contributed by atoms with Crippen LogP contribution in [0.3, 0.4) is 0 Å². The van der Waals surface area contributed by atoms with Crippen LogP contribution in [-0.4, -0.2) is 82.4 Å². The Morgan fingerprint density at radius 3 is 2.28 bits per heavy atom. The fourth-order valence-electron chi connectivity index (χ4n) is 2.45. The second-order valence-corrected chi connectivity index (χ2v) is 8.81. The van der Waals surface area contributed by atoms with Crippen molar-refractivity contribution >= 4 is 27.5 Å². The van der Waals surface area contributed by atoms with E-state index in [1.807, 2.05) is 21.6 Å². The summed E-state index contributed by atoms with van der Waals surface area (Å²) >= 11 is 0. The fourth-order valence-corrected chi connectivity index (χ4v) is 4.49. The van der Waals surface area contributed by atoms with Crippen molar-refractivity contribution in [3.8, 4) is 0 Å². The molecular weight excluding hydrogens is 356 g/mol. The van der Waals surface area contributed by atoms with Crippen LogP contribution in [0.25, 0.3) is 0 Å². The molecule has 9 heteroatoms. The van der Waals surface area contributed by atoms with E-state index in [9.17, 15) is 4.79 Å². The molecule has 0 radical (unpaired) electrons. The molecule has 1 aliphatic heterocycles. The summed E-state index contributed by atoms with van der Waals surface area (Å²) in [4.78, 5) is 11.0. The summed E-state index contributed by atoms with van der Waals surface area (Å²) < 4.78 is 0. The van der Waals surface area contributed by atoms with E-state index in [4.69, 9.17) is 5.73 Å². The third-order valence-corrected chi connectivity index (χ3v) is 6.34. The number of rotatable bonds is 3. The predicted octanol–water partition coefficient (Wildman–Crippen LogP) is -0.646. The summed E-state index contributed by atoms with van der Waals surface area (Å²) in [5.74, 6) is 2.13. The normalized spacial score (nSPS) is 24.4. The first-order valence-electron chi connectivity index (χ1n) is 9.38. The molecule has 1 saturated heterocycles. The molecule has 1 aliphatic rings. The summed E-state index contributed by atoms with van der Waals surface area (Å²) in [5, 5.41) is 17.3. The van der Waals surface area contributed by atoms with E-state index >= 15 is 0 Å². The van der Waals surface area contributed by atoms with E-state index < -0.39 is 0 Å². The molecule has 1 heterocycles. The van der Waals surface area contributed by atoms with Gasteiger partial charge in [-0.05, 0) is 19.4 Å². The molecular formula is C16H36N6OS2. The van der Waals surface area contributed by atoms with E-state index in [0.29, 0.717) is 6.42 Å². The maximum absolute atomic E-state index is 11.0. The Kier molecular flexibility index (Phi) is 16.0. The smallest absolute Gasteiger partial charge is 0.217 e. The molecule has 0 aromatic rings. The van der Waals surface area contributed by atoms with Gasteiger partial charge in [0.1, 0.15) is 0 Å². The molecule has 7 N–H and O–H groups in total. The number of hydrogen-bond donors (Lipinski definition) is 6. The van der Waals surface area contributed by atoms with E-state index in [1.54, 1.807) is 0 Å². The Balaban J connectivity index is 2.25. The molecule has 148 valence electrons. The van der Waals surface area contributed by atoms with Crippen LogP contribution in [0, 0.1) is 0 Å². The van der Waals surface area contributed by atoms with Crippen molar-refractivity contribution < 1.29 is 4.79 Å². The highest BCUT2D eigenvalue weighted by molar-refractivity contribution is 8.76. The second-order valence-electron chi connectivity index (χ2n) is 6.11. The molecule has 1 unspecified atom stereocenters. The van der Waals surface area contributed by atoms with E-state index in [1.165, 1.54) is 12.2 Å². The van der Waals surface area contributed by atoms with Crippen LogP contribution in [0.1, 0.15) is 19.3 Å². The summed E-state index contributed by atoms with van der Waals surface area (Å²) in [5.41, 5.74) is 5.28. The number of nitrogens with two attached hydrogens (primary N) is 1. The fraction of sp³-hybridized carbons (Fsp3) is 0.938. The first kappa shape index (κ1) is 23.0. The third kappa shape index (κ3) is 15.9. The molecule has 0 aromatic carbocycles. The van der Waals surface area contributed by atoms with Crippen LogP contribution in [0.15, 0.2) is 0 Å². The van der Waals surface area contributed by atoms with Gasteiger partial charge in [-0.3, -0.25) is 4.79 Å². The molecule has 7 nitrogen and oxygen atoms in total. The van der Waals surface area contributed by atoms with E-state index in [0.717, 1.165) is 71.1 Å². The zero-order chi connectivity index (χ0) is 18.0. The summed E-state index contributed by atoms with van der Waals surface area (Å²) in [7, 11) is 3.92. The van der Waals surface area contributed by atoms with Crippen LogP contribution >= 0.6 is 21.6 Å². The van der Waals surface area contributed by atoms with Crippen molar-refractivity contribution in [2.24, 2.45) is 5.73 Å². The first-order valence-corrected chi connectivity index (χ1v) is 11.9. The Labute approximate surface area is 160 Å². The number of carbonyl (C=O) groups is 1. The van der Waals surface area contributed by atoms with Crippen molar-refractivity contribution in [3.05, 3.63) is 0 Å². The predicted molar refractivity (Wildman–Crippen MR) is 111 cm³/mol. The Hall–Kier alpha value is -0.0300. The summed E-state index contributed by atoms with van der Waals surface area (Å²) in [6.45, 7) is 8.74. The molecule has 1 amide bonds. The molecule has 1 rings (SSSR count). The van der Waals surface area contributed by atoms with E-state index in [2.05, 4.69) is 26.6 Å². The number of amides is 1. The largest absolute Gasteiger partial charge is 0.370 e.